The van der Waals surface area contributed by atoms with Gasteiger partial charge < -0.3 is 19.6 Å². The molecule has 0 spiro atoms. The molecule has 1 amide bonds. The molecule has 1 aromatic heterocycles. The fourth-order valence-electron chi connectivity index (χ4n) is 3.90. The van der Waals surface area contributed by atoms with Crippen molar-refractivity contribution in [2.45, 2.75) is 12.6 Å². The van der Waals surface area contributed by atoms with E-state index in [9.17, 15) is 14.9 Å². The van der Waals surface area contributed by atoms with Gasteiger partial charge in [0.15, 0.2) is 0 Å². The van der Waals surface area contributed by atoms with Gasteiger partial charge in [0, 0.05) is 26.2 Å². The minimum Gasteiger partial charge on any atom is -0.358 e. The molecule has 0 unspecified atom stereocenters. The highest BCUT2D eigenvalue weighted by molar-refractivity contribution is 5.76. The van der Waals surface area contributed by atoms with Crippen LogP contribution in [0.2, 0.25) is 0 Å². The predicted octanol–water partition coefficient (Wildman–Crippen LogP) is 2.73. The summed E-state index contributed by atoms with van der Waals surface area (Å²) >= 11 is 0. The van der Waals surface area contributed by atoms with Crippen LogP contribution in [0.3, 0.4) is 0 Å². The smallest absolute Gasteiger partial charge is 0.358 e. The van der Waals surface area contributed by atoms with Gasteiger partial charge in [-0.15, -0.1) is 0 Å². The Bertz CT molecular complexity index is 958. The number of aromatic nitrogens is 2. The fraction of sp³-hybridized carbons (Fsp3) is 0.273. The van der Waals surface area contributed by atoms with E-state index in [2.05, 4.69) is 58.4 Å². The third-order valence-corrected chi connectivity index (χ3v) is 5.39. The molecule has 1 aliphatic rings. The zero-order valence-electron chi connectivity index (χ0n) is 16.5. The zero-order chi connectivity index (χ0) is 20.9. The van der Waals surface area contributed by atoms with E-state index in [1.54, 1.807) is 0 Å². The Labute approximate surface area is 174 Å². The molecule has 154 valence electrons. The maximum absolute atomic E-state index is 12.7. The summed E-state index contributed by atoms with van der Waals surface area (Å²) in [4.78, 5) is 30.8. The Morgan fingerprint density at radius 3 is 2.03 bits per heavy atom. The summed E-state index contributed by atoms with van der Waals surface area (Å²) in [6, 6.07) is 20.9. The van der Waals surface area contributed by atoms with Crippen molar-refractivity contribution in [3.63, 3.8) is 0 Å². The molecular formula is C22H23N5O3. The molecule has 8 heteroatoms. The first-order chi connectivity index (χ1) is 14.6. The highest BCUT2D eigenvalue weighted by atomic mass is 16.6. The molecule has 3 aromatic rings. The van der Waals surface area contributed by atoms with Crippen molar-refractivity contribution >= 4 is 11.7 Å². The number of imidazole rings is 1. The molecule has 0 aliphatic carbocycles. The molecule has 1 fully saturated rings. The monoisotopic (exact) mass is 405 g/mol. The van der Waals surface area contributed by atoms with Crippen molar-refractivity contribution < 1.29 is 9.72 Å². The molecular weight excluding hydrogens is 382 g/mol. The first kappa shape index (κ1) is 19.8. The van der Waals surface area contributed by atoms with Gasteiger partial charge in [0.1, 0.15) is 12.7 Å². The van der Waals surface area contributed by atoms with Gasteiger partial charge in [0.2, 0.25) is 12.2 Å². The van der Waals surface area contributed by atoms with Crippen LogP contribution in [-0.2, 0) is 11.3 Å². The summed E-state index contributed by atoms with van der Waals surface area (Å²) in [5, 5.41) is 10.8. The lowest BCUT2D eigenvalue weighted by atomic mass is 9.96. The van der Waals surface area contributed by atoms with Gasteiger partial charge in [-0.05, 0) is 21.0 Å². The maximum atomic E-state index is 12.7. The van der Waals surface area contributed by atoms with Crippen molar-refractivity contribution in [3.8, 4) is 0 Å². The number of piperazine rings is 1. The Morgan fingerprint density at radius 1 is 0.967 bits per heavy atom. The minimum atomic E-state index is -0.562. The number of carbonyl (C=O) groups is 1. The van der Waals surface area contributed by atoms with E-state index < -0.39 is 4.92 Å². The molecule has 30 heavy (non-hydrogen) atoms. The molecule has 0 saturated carbocycles. The van der Waals surface area contributed by atoms with Crippen LogP contribution in [0.25, 0.3) is 0 Å². The van der Waals surface area contributed by atoms with E-state index in [-0.39, 0.29) is 24.3 Å². The van der Waals surface area contributed by atoms with Crippen LogP contribution in [0, 0.1) is 10.1 Å². The first-order valence-electron chi connectivity index (χ1n) is 9.89. The van der Waals surface area contributed by atoms with Crippen LogP contribution in [0.4, 0.5) is 5.82 Å². The lowest BCUT2D eigenvalue weighted by Gasteiger charge is -2.39. The van der Waals surface area contributed by atoms with Crippen LogP contribution in [0.1, 0.15) is 17.2 Å². The van der Waals surface area contributed by atoms with Crippen LogP contribution in [0.15, 0.2) is 73.2 Å². The minimum absolute atomic E-state index is 0.0572. The second kappa shape index (κ2) is 8.87. The largest absolute Gasteiger partial charge is 0.381 e. The maximum Gasteiger partial charge on any atom is 0.381 e. The lowest BCUT2D eigenvalue weighted by molar-refractivity contribution is -0.389. The highest BCUT2D eigenvalue weighted by Crippen LogP contribution is 2.29. The molecule has 1 aliphatic heterocycles. The summed E-state index contributed by atoms with van der Waals surface area (Å²) in [7, 11) is 0. The second-order valence-electron chi connectivity index (χ2n) is 7.30. The van der Waals surface area contributed by atoms with E-state index >= 15 is 0 Å². The summed E-state index contributed by atoms with van der Waals surface area (Å²) in [6.07, 6.45) is 2.61. The Kier molecular flexibility index (Phi) is 5.85. The Balaban J connectivity index is 1.43. The van der Waals surface area contributed by atoms with Crippen LogP contribution >= 0.6 is 0 Å². The molecule has 0 bridgehead atoms. The number of hydrogen-bond donors (Lipinski definition) is 0. The first-order valence-corrected chi connectivity index (χ1v) is 9.89. The SMILES string of the molecule is O=C(Cn1cnc([N+](=O)[O-])c1)N1CCN(C(c2ccccc2)c2ccccc2)CC1. The number of rotatable bonds is 6. The summed E-state index contributed by atoms with van der Waals surface area (Å²) in [5.41, 5.74) is 2.46. The summed E-state index contributed by atoms with van der Waals surface area (Å²) in [5.74, 6) is -0.306. The average Bonchev–Trinajstić information content (AvgIpc) is 3.25. The number of benzene rings is 2. The van der Waals surface area contributed by atoms with Gasteiger partial charge in [0.25, 0.3) is 0 Å². The molecule has 4 rings (SSSR count). The summed E-state index contributed by atoms with van der Waals surface area (Å²) < 4.78 is 1.46. The molecule has 1 saturated heterocycles. The van der Waals surface area contributed by atoms with E-state index in [1.165, 1.54) is 28.2 Å². The van der Waals surface area contributed by atoms with Gasteiger partial charge >= 0.3 is 5.82 Å². The standard InChI is InChI=1S/C22H23N5O3/c28-21(16-24-15-20(23-17-24)27(29)30)25-11-13-26(14-12-25)22(18-7-3-1-4-8-18)19-9-5-2-6-10-19/h1-10,15,17,22H,11-14,16H2. The number of hydrogen-bond acceptors (Lipinski definition) is 5. The molecule has 8 nitrogen and oxygen atoms in total. The number of carbonyl (C=O) groups excluding carboxylic acids is 1. The van der Waals surface area contributed by atoms with Crippen LogP contribution in [0.5, 0.6) is 0 Å². The number of nitrogens with zero attached hydrogens (tertiary/aromatic N) is 5. The number of amides is 1. The normalized spacial score (nSPS) is 14.8. The highest BCUT2D eigenvalue weighted by Gasteiger charge is 2.28. The van der Waals surface area contributed by atoms with Crippen molar-refractivity contribution in [2.24, 2.45) is 0 Å². The van der Waals surface area contributed by atoms with E-state index in [0.717, 1.165) is 13.1 Å². The molecule has 2 heterocycles. The Morgan fingerprint density at radius 2 is 1.53 bits per heavy atom. The van der Waals surface area contributed by atoms with Gasteiger partial charge in [-0.2, -0.15) is 0 Å². The van der Waals surface area contributed by atoms with Gasteiger partial charge in [-0.3, -0.25) is 9.69 Å². The third-order valence-electron chi connectivity index (χ3n) is 5.39. The average molecular weight is 405 g/mol. The summed E-state index contributed by atoms with van der Waals surface area (Å²) in [6.45, 7) is 2.80. The van der Waals surface area contributed by atoms with Gasteiger partial charge in [-0.1, -0.05) is 60.7 Å². The van der Waals surface area contributed by atoms with E-state index in [1.807, 2.05) is 17.0 Å². The van der Waals surface area contributed by atoms with Crippen LogP contribution < -0.4 is 0 Å². The number of nitro groups is 1. The molecule has 0 N–H and O–H groups in total. The second-order valence-corrected chi connectivity index (χ2v) is 7.30. The van der Waals surface area contributed by atoms with E-state index in [0.29, 0.717) is 13.1 Å². The van der Waals surface area contributed by atoms with Crippen molar-refractivity contribution in [1.29, 1.82) is 0 Å². The lowest BCUT2D eigenvalue weighted by Crippen LogP contribution is -2.50. The predicted molar refractivity (Wildman–Crippen MR) is 112 cm³/mol. The molecule has 0 radical (unpaired) electrons. The van der Waals surface area contributed by atoms with Crippen molar-refractivity contribution in [3.05, 3.63) is 94.4 Å². The third kappa shape index (κ3) is 4.38. The van der Waals surface area contributed by atoms with Gasteiger partial charge in [0.05, 0.1) is 6.04 Å². The zero-order valence-corrected chi connectivity index (χ0v) is 16.5. The van der Waals surface area contributed by atoms with Crippen LogP contribution in [-0.4, -0.2) is 56.4 Å². The topological polar surface area (TPSA) is 84.5 Å². The Hall–Kier alpha value is -3.52. The van der Waals surface area contributed by atoms with Crippen molar-refractivity contribution in [1.82, 2.24) is 19.4 Å². The quantitative estimate of drug-likeness (QED) is 0.465. The molecule has 2 aromatic carbocycles. The van der Waals surface area contributed by atoms with E-state index in [4.69, 9.17) is 0 Å². The van der Waals surface area contributed by atoms with Gasteiger partial charge in [-0.25, -0.2) is 0 Å². The fourth-order valence-corrected chi connectivity index (χ4v) is 3.90. The molecule has 0 atom stereocenters. The van der Waals surface area contributed by atoms with Crippen molar-refractivity contribution in [2.75, 3.05) is 26.2 Å².